The largest absolute Gasteiger partial charge is 0.354 e. The maximum atomic E-state index is 11.3. The molecule has 0 aliphatic carbocycles. The Kier molecular flexibility index (Phi) is 10.8. The van der Waals surface area contributed by atoms with E-state index in [1.807, 2.05) is 6.26 Å². The second-order valence-electron chi connectivity index (χ2n) is 3.59. The van der Waals surface area contributed by atoms with Gasteiger partial charge < -0.3 is 11.1 Å². The highest BCUT2D eigenvalue weighted by atomic mass is 35.5. The summed E-state index contributed by atoms with van der Waals surface area (Å²) in [6.07, 6.45) is 4.38. The quantitative estimate of drug-likeness (QED) is 0.729. The summed E-state index contributed by atoms with van der Waals surface area (Å²) in [5.41, 5.74) is 5.83. The van der Waals surface area contributed by atoms with Crippen molar-refractivity contribution in [2.75, 3.05) is 18.6 Å². The van der Waals surface area contributed by atoms with Gasteiger partial charge in [-0.1, -0.05) is 13.8 Å². The molecule has 0 saturated heterocycles. The van der Waals surface area contributed by atoms with E-state index in [-0.39, 0.29) is 23.9 Å². The maximum absolute atomic E-state index is 11.3. The SMILES string of the molecule is CCC(N)(CC)CNC(=O)CCSC.Cl. The van der Waals surface area contributed by atoms with Crippen LogP contribution in [-0.4, -0.2) is 30.0 Å². The topological polar surface area (TPSA) is 55.1 Å². The molecule has 1 amide bonds. The van der Waals surface area contributed by atoms with Crippen molar-refractivity contribution in [3.05, 3.63) is 0 Å². The molecule has 0 spiro atoms. The van der Waals surface area contributed by atoms with Gasteiger partial charge in [0, 0.05) is 24.3 Å². The standard InChI is InChI=1S/C10H22N2OS.ClH/c1-4-10(11,5-2)8-12-9(13)6-7-14-3;/h4-8,11H2,1-3H3,(H,12,13);1H. The van der Waals surface area contributed by atoms with Crippen LogP contribution in [0.2, 0.25) is 0 Å². The van der Waals surface area contributed by atoms with E-state index >= 15 is 0 Å². The number of carbonyl (C=O) groups is 1. The van der Waals surface area contributed by atoms with Crippen LogP contribution in [0.3, 0.4) is 0 Å². The zero-order chi connectivity index (χ0) is 11.0. The van der Waals surface area contributed by atoms with Crippen LogP contribution in [-0.2, 0) is 4.79 Å². The number of nitrogens with one attached hydrogen (secondary N) is 1. The van der Waals surface area contributed by atoms with Crippen LogP contribution in [0.1, 0.15) is 33.1 Å². The molecule has 0 fully saturated rings. The Morgan fingerprint density at radius 2 is 1.93 bits per heavy atom. The molecule has 0 aliphatic heterocycles. The van der Waals surface area contributed by atoms with Crippen molar-refractivity contribution in [2.45, 2.75) is 38.6 Å². The van der Waals surface area contributed by atoms with Crippen LogP contribution in [0.25, 0.3) is 0 Å². The van der Waals surface area contributed by atoms with Gasteiger partial charge in [0.1, 0.15) is 0 Å². The Labute approximate surface area is 103 Å². The minimum atomic E-state index is -0.227. The molecule has 15 heavy (non-hydrogen) atoms. The molecule has 0 rings (SSSR count). The summed E-state index contributed by atoms with van der Waals surface area (Å²) in [5.74, 6) is 0.984. The average molecular weight is 255 g/mol. The zero-order valence-electron chi connectivity index (χ0n) is 9.84. The van der Waals surface area contributed by atoms with E-state index < -0.39 is 0 Å². The van der Waals surface area contributed by atoms with Gasteiger partial charge >= 0.3 is 0 Å². The lowest BCUT2D eigenvalue weighted by Crippen LogP contribution is -2.49. The smallest absolute Gasteiger partial charge is 0.220 e. The molecule has 0 saturated carbocycles. The van der Waals surface area contributed by atoms with Crippen LogP contribution >= 0.6 is 24.2 Å². The number of halogens is 1. The third kappa shape index (κ3) is 7.94. The fourth-order valence-corrected chi connectivity index (χ4v) is 1.45. The highest BCUT2D eigenvalue weighted by molar-refractivity contribution is 7.98. The molecular weight excluding hydrogens is 232 g/mol. The second-order valence-corrected chi connectivity index (χ2v) is 4.57. The Bertz CT molecular complexity index is 175. The first-order chi connectivity index (χ1) is 6.58. The number of nitrogens with two attached hydrogens (primary N) is 1. The van der Waals surface area contributed by atoms with Crippen LogP contribution in [0.5, 0.6) is 0 Å². The van der Waals surface area contributed by atoms with E-state index in [0.29, 0.717) is 13.0 Å². The van der Waals surface area contributed by atoms with Crippen LogP contribution in [0.4, 0.5) is 0 Å². The predicted octanol–water partition coefficient (Wildman–Crippen LogP) is 1.80. The Morgan fingerprint density at radius 3 is 2.33 bits per heavy atom. The van der Waals surface area contributed by atoms with Crippen molar-refractivity contribution in [1.82, 2.24) is 5.32 Å². The molecule has 0 aromatic rings. The highest BCUT2D eigenvalue weighted by Gasteiger charge is 2.20. The van der Waals surface area contributed by atoms with Gasteiger partial charge in [-0.25, -0.2) is 0 Å². The van der Waals surface area contributed by atoms with Gasteiger partial charge in [-0.05, 0) is 19.1 Å². The molecule has 92 valence electrons. The predicted molar refractivity (Wildman–Crippen MR) is 70.8 cm³/mol. The van der Waals surface area contributed by atoms with E-state index in [4.69, 9.17) is 5.73 Å². The lowest BCUT2D eigenvalue weighted by molar-refractivity contribution is -0.120. The van der Waals surface area contributed by atoms with Gasteiger partial charge in [0.15, 0.2) is 0 Å². The van der Waals surface area contributed by atoms with Crippen LogP contribution in [0.15, 0.2) is 0 Å². The van der Waals surface area contributed by atoms with Gasteiger partial charge in [0.2, 0.25) is 5.91 Å². The molecule has 3 N–H and O–H groups in total. The summed E-state index contributed by atoms with van der Waals surface area (Å²) >= 11 is 1.68. The minimum absolute atomic E-state index is 0. The van der Waals surface area contributed by atoms with Crippen molar-refractivity contribution in [3.8, 4) is 0 Å². The highest BCUT2D eigenvalue weighted by Crippen LogP contribution is 2.09. The summed E-state index contributed by atoms with van der Waals surface area (Å²) < 4.78 is 0. The third-order valence-electron chi connectivity index (χ3n) is 2.58. The molecule has 0 bridgehead atoms. The Hall–Kier alpha value is 0.0700. The molecule has 3 nitrogen and oxygen atoms in total. The lowest BCUT2D eigenvalue weighted by atomic mass is 9.94. The van der Waals surface area contributed by atoms with Gasteiger partial charge in [0.05, 0.1) is 0 Å². The first-order valence-corrected chi connectivity index (χ1v) is 6.52. The first-order valence-electron chi connectivity index (χ1n) is 5.12. The molecule has 0 aliphatic rings. The fourth-order valence-electron chi connectivity index (χ4n) is 1.06. The maximum Gasteiger partial charge on any atom is 0.220 e. The monoisotopic (exact) mass is 254 g/mol. The van der Waals surface area contributed by atoms with E-state index in [9.17, 15) is 4.79 Å². The molecule has 5 heteroatoms. The molecule has 0 atom stereocenters. The number of hydrogen-bond donors (Lipinski definition) is 2. The number of thioether (sulfide) groups is 1. The molecule has 0 radical (unpaired) electrons. The van der Waals surface area contributed by atoms with E-state index in [1.54, 1.807) is 11.8 Å². The number of hydrogen-bond acceptors (Lipinski definition) is 3. The average Bonchev–Trinajstić information content (AvgIpc) is 2.23. The fraction of sp³-hybridized carbons (Fsp3) is 0.900. The van der Waals surface area contributed by atoms with Crippen molar-refractivity contribution in [2.24, 2.45) is 5.73 Å². The van der Waals surface area contributed by atoms with E-state index in [2.05, 4.69) is 19.2 Å². The third-order valence-corrected chi connectivity index (χ3v) is 3.19. The summed E-state index contributed by atoms with van der Waals surface area (Å²) in [4.78, 5) is 11.3. The van der Waals surface area contributed by atoms with E-state index in [0.717, 1.165) is 18.6 Å². The molecular formula is C10H23ClN2OS. The first kappa shape index (κ1) is 17.5. The van der Waals surface area contributed by atoms with Crippen molar-refractivity contribution < 1.29 is 4.79 Å². The number of carbonyl (C=O) groups excluding carboxylic acids is 1. The summed E-state index contributed by atoms with van der Waals surface area (Å²) in [5, 5.41) is 2.88. The van der Waals surface area contributed by atoms with Crippen molar-refractivity contribution in [3.63, 3.8) is 0 Å². The second kappa shape index (κ2) is 9.31. The van der Waals surface area contributed by atoms with Gasteiger partial charge in [-0.3, -0.25) is 4.79 Å². The minimum Gasteiger partial charge on any atom is -0.354 e. The van der Waals surface area contributed by atoms with E-state index in [1.165, 1.54) is 0 Å². The van der Waals surface area contributed by atoms with Gasteiger partial charge in [-0.15, -0.1) is 12.4 Å². The summed E-state index contributed by atoms with van der Waals surface area (Å²) in [6.45, 7) is 4.70. The molecule has 0 unspecified atom stereocenters. The van der Waals surface area contributed by atoms with Crippen molar-refractivity contribution >= 4 is 30.1 Å². The Balaban J connectivity index is 0. The number of rotatable bonds is 7. The van der Waals surface area contributed by atoms with Gasteiger partial charge in [0.25, 0.3) is 0 Å². The van der Waals surface area contributed by atoms with Gasteiger partial charge in [-0.2, -0.15) is 11.8 Å². The summed E-state index contributed by atoms with van der Waals surface area (Å²) in [6, 6.07) is 0. The zero-order valence-corrected chi connectivity index (χ0v) is 11.5. The normalized spacial score (nSPS) is 10.7. The summed E-state index contributed by atoms with van der Waals surface area (Å²) in [7, 11) is 0. The molecule has 0 aromatic carbocycles. The molecule has 0 aromatic heterocycles. The molecule has 0 heterocycles. The van der Waals surface area contributed by atoms with Crippen molar-refractivity contribution in [1.29, 1.82) is 0 Å². The number of amides is 1. The lowest BCUT2D eigenvalue weighted by Gasteiger charge is -2.26. The van der Waals surface area contributed by atoms with Crippen LogP contribution < -0.4 is 11.1 Å². The Morgan fingerprint density at radius 1 is 1.40 bits per heavy atom. The van der Waals surface area contributed by atoms with Crippen LogP contribution in [0, 0.1) is 0 Å².